The standard InChI is InChI=1S/C15H21ClN2O/c1-12(15(19)18-10-2-3-11-18)17-9-8-13-4-6-14(16)7-5-13/h4-7,12,17H,2-3,8-11H2,1H3. The van der Waals surface area contributed by atoms with E-state index in [4.69, 9.17) is 11.6 Å². The van der Waals surface area contributed by atoms with Gasteiger partial charge in [0, 0.05) is 18.1 Å². The summed E-state index contributed by atoms with van der Waals surface area (Å²) < 4.78 is 0. The third kappa shape index (κ3) is 4.22. The molecule has 1 aliphatic heterocycles. The summed E-state index contributed by atoms with van der Waals surface area (Å²) in [5.41, 5.74) is 1.23. The highest BCUT2D eigenvalue weighted by Gasteiger charge is 2.22. The minimum atomic E-state index is -0.0922. The second-order valence-electron chi connectivity index (χ2n) is 5.08. The number of hydrogen-bond acceptors (Lipinski definition) is 2. The van der Waals surface area contributed by atoms with Gasteiger partial charge in [0.1, 0.15) is 0 Å². The van der Waals surface area contributed by atoms with Crippen LogP contribution in [0.25, 0.3) is 0 Å². The van der Waals surface area contributed by atoms with Gasteiger partial charge in [-0.3, -0.25) is 4.79 Å². The van der Waals surface area contributed by atoms with Crippen molar-refractivity contribution in [2.45, 2.75) is 32.2 Å². The number of nitrogens with zero attached hydrogens (tertiary/aromatic N) is 1. The zero-order valence-electron chi connectivity index (χ0n) is 11.4. The molecule has 1 aliphatic rings. The van der Waals surface area contributed by atoms with Gasteiger partial charge in [-0.1, -0.05) is 23.7 Å². The molecule has 1 unspecified atom stereocenters. The fourth-order valence-electron chi connectivity index (χ4n) is 2.38. The largest absolute Gasteiger partial charge is 0.341 e. The molecule has 1 fully saturated rings. The first-order valence-electron chi connectivity index (χ1n) is 6.93. The van der Waals surface area contributed by atoms with Gasteiger partial charge < -0.3 is 10.2 Å². The molecular formula is C15H21ClN2O. The van der Waals surface area contributed by atoms with Gasteiger partial charge in [-0.2, -0.15) is 0 Å². The number of amides is 1. The van der Waals surface area contributed by atoms with E-state index in [-0.39, 0.29) is 11.9 Å². The molecule has 0 spiro atoms. The van der Waals surface area contributed by atoms with Gasteiger partial charge >= 0.3 is 0 Å². The number of rotatable bonds is 5. The van der Waals surface area contributed by atoms with Crippen molar-refractivity contribution in [3.63, 3.8) is 0 Å². The number of hydrogen-bond donors (Lipinski definition) is 1. The Hall–Kier alpha value is -1.06. The molecule has 0 aromatic heterocycles. The van der Waals surface area contributed by atoms with Crippen LogP contribution in [0, 0.1) is 0 Å². The van der Waals surface area contributed by atoms with E-state index < -0.39 is 0 Å². The lowest BCUT2D eigenvalue weighted by Crippen LogP contribution is -2.44. The van der Waals surface area contributed by atoms with Crippen LogP contribution in [0.5, 0.6) is 0 Å². The van der Waals surface area contributed by atoms with Gasteiger partial charge in [0.05, 0.1) is 6.04 Å². The first kappa shape index (κ1) is 14.4. The molecule has 1 saturated heterocycles. The number of carbonyl (C=O) groups excluding carboxylic acids is 1. The molecule has 3 nitrogen and oxygen atoms in total. The summed E-state index contributed by atoms with van der Waals surface area (Å²) in [4.78, 5) is 14.0. The first-order chi connectivity index (χ1) is 9.16. The van der Waals surface area contributed by atoms with Crippen molar-refractivity contribution in [2.75, 3.05) is 19.6 Å². The monoisotopic (exact) mass is 280 g/mol. The maximum absolute atomic E-state index is 12.1. The molecule has 0 bridgehead atoms. The summed E-state index contributed by atoms with van der Waals surface area (Å²) in [6.07, 6.45) is 3.20. The van der Waals surface area contributed by atoms with Crippen molar-refractivity contribution < 1.29 is 4.79 Å². The lowest BCUT2D eigenvalue weighted by molar-refractivity contribution is -0.131. The van der Waals surface area contributed by atoms with Gasteiger partial charge in [0.2, 0.25) is 5.91 Å². The second-order valence-corrected chi connectivity index (χ2v) is 5.52. The average Bonchev–Trinajstić information content (AvgIpc) is 2.94. The van der Waals surface area contributed by atoms with Crippen LogP contribution in [0.15, 0.2) is 24.3 Å². The van der Waals surface area contributed by atoms with Crippen LogP contribution in [0.1, 0.15) is 25.3 Å². The summed E-state index contributed by atoms with van der Waals surface area (Å²) in [5, 5.41) is 4.06. The predicted octanol–water partition coefficient (Wildman–Crippen LogP) is 2.48. The van der Waals surface area contributed by atoms with Crippen LogP contribution in [-0.4, -0.2) is 36.5 Å². The van der Waals surface area contributed by atoms with Crippen LogP contribution in [0.2, 0.25) is 5.02 Å². The summed E-state index contributed by atoms with van der Waals surface area (Å²) in [5.74, 6) is 0.230. The lowest BCUT2D eigenvalue weighted by atomic mass is 10.1. The van der Waals surface area contributed by atoms with Crippen LogP contribution in [-0.2, 0) is 11.2 Å². The Morgan fingerprint density at radius 1 is 1.32 bits per heavy atom. The number of likely N-dealkylation sites (tertiary alicyclic amines) is 1. The van der Waals surface area contributed by atoms with Crippen molar-refractivity contribution in [3.8, 4) is 0 Å². The van der Waals surface area contributed by atoms with E-state index in [0.717, 1.165) is 43.9 Å². The minimum absolute atomic E-state index is 0.0922. The topological polar surface area (TPSA) is 32.3 Å². The molecule has 0 radical (unpaired) electrons. The molecule has 1 amide bonds. The second kappa shape index (κ2) is 6.92. The first-order valence-corrected chi connectivity index (χ1v) is 7.31. The molecule has 0 saturated carbocycles. The molecule has 1 N–H and O–H groups in total. The zero-order valence-corrected chi connectivity index (χ0v) is 12.1. The van der Waals surface area contributed by atoms with Crippen molar-refractivity contribution >= 4 is 17.5 Å². The smallest absolute Gasteiger partial charge is 0.239 e. The fourth-order valence-corrected chi connectivity index (χ4v) is 2.51. The van der Waals surface area contributed by atoms with Crippen LogP contribution >= 0.6 is 11.6 Å². The molecule has 2 rings (SSSR count). The molecular weight excluding hydrogens is 260 g/mol. The zero-order chi connectivity index (χ0) is 13.7. The van der Waals surface area contributed by atoms with Crippen molar-refractivity contribution in [3.05, 3.63) is 34.9 Å². The summed E-state index contributed by atoms with van der Waals surface area (Å²) >= 11 is 5.84. The normalized spacial score (nSPS) is 16.6. The Morgan fingerprint density at radius 2 is 1.95 bits per heavy atom. The van der Waals surface area contributed by atoms with Gasteiger partial charge in [0.15, 0.2) is 0 Å². The fraction of sp³-hybridized carbons (Fsp3) is 0.533. The van der Waals surface area contributed by atoms with E-state index >= 15 is 0 Å². The van der Waals surface area contributed by atoms with Gasteiger partial charge in [-0.25, -0.2) is 0 Å². The summed E-state index contributed by atoms with van der Waals surface area (Å²) in [7, 11) is 0. The molecule has 19 heavy (non-hydrogen) atoms. The van der Waals surface area contributed by atoms with Crippen LogP contribution in [0.3, 0.4) is 0 Å². The molecule has 1 aromatic rings. The van der Waals surface area contributed by atoms with E-state index in [2.05, 4.69) is 5.32 Å². The number of carbonyl (C=O) groups is 1. The molecule has 1 heterocycles. The van der Waals surface area contributed by atoms with Crippen molar-refractivity contribution in [2.24, 2.45) is 0 Å². The van der Waals surface area contributed by atoms with E-state index in [0.29, 0.717) is 0 Å². The number of halogens is 1. The van der Waals surface area contributed by atoms with E-state index in [1.807, 2.05) is 36.1 Å². The number of benzene rings is 1. The molecule has 1 aromatic carbocycles. The van der Waals surface area contributed by atoms with Crippen LogP contribution < -0.4 is 5.32 Å². The maximum atomic E-state index is 12.1. The molecule has 104 valence electrons. The van der Waals surface area contributed by atoms with Crippen molar-refractivity contribution in [1.82, 2.24) is 10.2 Å². The van der Waals surface area contributed by atoms with E-state index in [9.17, 15) is 4.79 Å². The predicted molar refractivity (Wildman–Crippen MR) is 78.4 cm³/mol. The lowest BCUT2D eigenvalue weighted by Gasteiger charge is -2.21. The minimum Gasteiger partial charge on any atom is -0.341 e. The Kier molecular flexibility index (Phi) is 5.23. The summed E-state index contributed by atoms with van der Waals surface area (Å²) in [6, 6.07) is 7.75. The molecule has 1 atom stereocenters. The SMILES string of the molecule is CC(NCCc1ccc(Cl)cc1)C(=O)N1CCCC1. The highest BCUT2D eigenvalue weighted by atomic mass is 35.5. The third-order valence-electron chi connectivity index (χ3n) is 3.57. The van der Waals surface area contributed by atoms with Crippen molar-refractivity contribution in [1.29, 1.82) is 0 Å². The molecule has 4 heteroatoms. The van der Waals surface area contributed by atoms with Gasteiger partial charge in [-0.05, 0) is 50.4 Å². The molecule has 0 aliphatic carbocycles. The number of nitrogens with one attached hydrogen (secondary N) is 1. The van der Waals surface area contributed by atoms with E-state index in [1.165, 1.54) is 5.56 Å². The third-order valence-corrected chi connectivity index (χ3v) is 3.82. The van der Waals surface area contributed by atoms with E-state index in [1.54, 1.807) is 0 Å². The Labute approximate surface area is 119 Å². The Balaban J connectivity index is 1.72. The maximum Gasteiger partial charge on any atom is 0.239 e. The summed E-state index contributed by atoms with van der Waals surface area (Å²) in [6.45, 7) is 4.59. The van der Waals surface area contributed by atoms with Gasteiger partial charge in [0.25, 0.3) is 0 Å². The highest BCUT2D eigenvalue weighted by molar-refractivity contribution is 6.30. The quantitative estimate of drug-likeness (QED) is 0.899. The average molecular weight is 281 g/mol. The highest BCUT2D eigenvalue weighted by Crippen LogP contribution is 2.10. The Bertz CT molecular complexity index is 413. The van der Waals surface area contributed by atoms with Gasteiger partial charge in [-0.15, -0.1) is 0 Å². The van der Waals surface area contributed by atoms with Crippen LogP contribution in [0.4, 0.5) is 0 Å². The Morgan fingerprint density at radius 3 is 2.58 bits per heavy atom.